The van der Waals surface area contributed by atoms with E-state index in [9.17, 15) is 14.7 Å². The van der Waals surface area contributed by atoms with Crippen LogP contribution in [0.15, 0.2) is 54.6 Å². The van der Waals surface area contributed by atoms with Crippen molar-refractivity contribution >= 4 is 12.1 Å². The summed E-state index contributed by atoms with van der Waals surface area (Å²) in [6, 6.07) is 14.1. The van der Waals surface area contributed by atoms with Gasteiger partial charge in [-0.05, 0) is 44.0 Å². The zero-order chi connectivity index (χ0) is 19.2. The van der Waals surface area contributed by atoms with Crippen LogP contribution in [0, 0.1) is 0 Å². The van der Waals surface area contributed by atoms with Crippen molar-refractivity contribution in [2.75, 3.05) is 0 Å². The molecule has 138 valence electrons. The molecule has 6 heteroatoms. The first-order valence-electron chi connectivity index (χ1n) is 8.23. The van der Waals surface area contributed by atoms with Gasteiger partial charge in [0.25, 0.3) is 0 Å². The molecule has 0 radical (unpaired) electrons. The minimum atomic E-state index is -1.05. The molecule has 2 aromatic rings. The molecule has 0 saturated heterocycles. The van der Waals surface area contributed by atoms with Gasteiger partial charge in [-0.1, -0.05) is 42.5 Å². The molecule has 0 aliphatic heterocycles. The largest absolute Gasteiger partial charge is 0.508 e. The van der Waals surface area contributed by atoms with Crippen molar-refractivity contribution < 1.29 is 24.2 Å². The molecule has 0 fully saturated rings. The quantitative estimate of drug-likeness (QED) is 0.797. The van der Waals surface area contributed by atoms with E-state index in [1.54, 1.807) is 32.9 Å². The van der Waals surface area contributed by atoms with Gasteiger partial charge in [0.1, 0.15) is 18.0 Å². The molecule has 2 rings (SSSR count). The van der Waals surface area contributed by atoms with Crippen molar-refractivity contribution in [1.82, 2.24) is 5.32 Å². The van der Waals surface area contributed by atoms with Crippen LogP contribution in [-0.2, 0) is 20.9 Å². The molecule has 1 atom stereocenters. The van der Waals surface area contributed by atoms with Gasteiger partial charge in [0, 0.05) is 0 Å². The number of ether oxygens (including phenoxy) is 2. The summed E-state index contributed by atoms with van der Waals surface area (Å²) in [4.78, 5) is 24.6. The van der Waals surface area contributed by atoms with Crippen LogP contribution in [0.1, 0.15) is 37.9 Å². The van der Waals surface area contributed by atoms with E-state index in [1.807, 2.05) is 30.3 Å². The topological polar surface area (TPSA) is 84.9 Å². The zero-order valence-corrected chi connectivity index (χ0v) is 15.1. The van der Waals surface area contributed by atoms with Crippen LogP contribution in [-0.4, -0.2) is 22.8 Å². The smallest absolute Gasteiger partial charge is 0.408 e. The molecule has 0 aliphatic carbocycles. The third kappa shape index (κ3) is 6.12. The van der Waals surface area contributed by atoms with Crippen LogP contribution in [0.3, 0.4) is 0 Å². The lowest BCUT2D eigenvalue weighted by molar-refractivity contribution is -0.147. The predicted molar refractivity (Wildman–Crippen MR) is 96.5 cm³/mol. The number of phenolic OH excluding ortho intramolecular Hbond substituents is 1. The number of nitrogens with one attached hydrogen (secondary N) is 1. The Morgan fingerprint density at radius 1 is 1.04 bits per heavy atom. The van der Waals surface area contributed by atoms with Crippen LogP contribution in [0.25, 0.3) is 0 Å². The van der Waals surface area contributed by atoms with Crippen molar-refractivity contribution in [3.05, 3.63) is 65.7 Å². The first kappa shape index (κ1) is 19.3. The van der Waals surface area contributed by atoms with Gasteiger partial charge in [0.15, 0.2) is 6.04 Å². The molecule has 2 N–H and O–H groups in total. The summed E-state index contributed by atoms with van der Waals surface area (Å²) in [5.74, 6) is -0.562. The lowest BCUT2D eigenvalue weighted by Gasteiger charge is -2.23. The van der Waals surface area contributed by atoms with E-state index in [4.69, 9.17) is 9.47 Å². The fourth-order valence-electron chi connectivity index (χ4n) is 2.18. The van der Waals surface area contributed by atoms with Crippen LogP contribution >= 0.6 is 0 Å². The van der Waals surface area contributed by atoms with Crippen LogP contribution in [0.4, 0.5) is 4.79 Å². The molecule has 1 amide bonds. The highest BCUT2D eigenvalue weighted by Crippen LogP contribution is 2.20. The molecule has 1 unspecified atom stereocenters. The maximum Gasteiger partial charge on any atom is 0.408 e. The van der Waals surface area contributed by atoms with Gasteiger partial charge in [0.05, 0.1) is 0 Å². The highest BCUT2D eigenvalue weighted by molar-refractivity contribution is 5.83. The number of hydrogen-bond donors (Lipinski definition) is 2. The SMILES string of the molecule is CC(C)(C)OC(=O)NC(C(=O)OCc1ccccc1)c1ccc(O)cc1. The molecule has 0 heterocycles. The molecule has 0 aliphatic rings. The molecule has 0 saturated carbocycles. The number of carbonyl (C=O) groups excluding carboxylic acids is 2. The first-order chi connectivity index (χ1) is 12.2. The van der Waals surface area contributed by atoms with E-state index in [2.05, 4.69) is 5.32 Å². The van der Waals surface area contributed by atoms with E-state index in [0.29, 0.717) is 5.56 Å². The molecule has 0 spiro atoms. The Hall–Kier alpha value is -3.02. The van der Waals surface area contributed by atoms with Crippen molar-refractivity contribution in [3.8, 4) is 5.75 Å². The summed E-state index contributed by atoms with van der Waals surface area (Å²) < 4.78 is 10.6. The van der Waals surface area contributed by atoms with E-state index in [1.165, 1.54) is 12.1 Å². The number of aromatic hydroxyl groups is 1. The monoisotopic (exact) mass is 357 g/mol. The first-order valence-corrected chi connectivity index (χ1v) is 8.23. The molecule has 26 heavy (non-hydrogen) atoms. The number of alkyl carbamates (subject to hydrolysis) is 1. The number of carbonyl (C=O) groups is 2. The average Bonchev–Trinajstić information content (AvgIpc) is 2.58. The summed E-state index contributed by atoms with van der Waals surface area (Å²) in [6.45, 7) is 5.28. The second-order valence-corrected chi connectivity index (χ2v) is 6.76. The van der Waals surface area contributed by atoms with Crippen LogP contribution in [0.5, 0.6) is 5.75 Å². The number of rotatable bonds is 5. The van der Waals surface area contributed by atoms with E-state index in [-0.39, 0.29) is 12.4 Å². The molecule has 6 nitrogen and oxygen atoms in total. The molecule has 2 aromatic carbocycles. The zero-order valence-electron chi connectivity index (χ0n) is 15.1. The Kier molecular flexibility index (Phi) is 6.22. The van der Waals surface area contributed by atoms with Crippen LogP contribution < -0.4 is 5.32 Å². The molecule has 0 aromatic heterocycles. The summed E-state index contributed by atoms with van der Waals surface area (Å²) in [5.41, 5.74) is 0.617. The Bertz CT molecular complexity index is 735. The van der Waals surface area contributed by atoms with Crippen molar-refractivity contribution in [2.45, 2.75) is 39.0 Å². The highest BCUT2D eigenvalue weighted by atomic mass is 16.6. The number of esters is 1. The second kappa shape index (κ2) is 8.38. The Morgan fingerprint density at radius 2 is 1.65 bits per heavy atom. The van der Waals surface area contributed by atoms with E-state index in [0.717, 1.165) is 5.56 Å². The fraction of sp³-hybridized carbons (Fsp3) is 0.300. The maximum absolute atomic E-state index is 12.5. The predicted octanol–water partition coefficient (Wildman–Crippen LogP) is 3.70. The number of amides is 1. The summed E-state index contributed by atoms with van der Waals surface area (Å²) >= 11 is 0. The minimum absolute atomic E-state index is 0.0578. The Labute approximate surface area is 152 Å². The summed E-state index contributed by atoms with van der Waals surface area (Å²) in [7, 11) is 0. The molecular formula is C20H23NO5. The lowest BCUT2D eigenvalue weighted by Crippen LogP contribution is -2.38. The maximum atomic E-state index is 12.5. The summed E-state index contributed by atoms with van der Waals surface area (Å²) in [6.07, 6.45) is -0.729. The lowest BCUT2D eigenvalue weighted by atomic mass is 10.1. The average molecular weight is 357 g/mol. The molecular weight excluding hydrogens is 334 g/mol. The van der Waals surface area contributed by atoms with Gasteiger partial charge >= 0.3 is 12.1 Å². The number of phenols is 1. The van der Waals surface area contributed by atoms with Gasteiger partial charge < -0.3 is 19.9 Å². The van der Waals surface area contributed by atoms with Crippen molar-refractivity contribution in [1.29, 1.82) is 0 Å². The van der Waals surface area contributed by atoms with E-state index < -0.39 is 23.7 Å². The van der Waals surface area contributed by atoms with Crippen molar-refractivity contribution in [3.63, 3.8) is 0 Å². The van der Waals surface area contributed by atoms with Gasteiger partial charge in [-0.2, -0.15) is 0 Å². The Balaban J connectivity index is 2.12. The summed E-state index contributed by atoms with van der Waals surface area (Å²) in [5, 5.41) is 12.0. The normalized spacial score (nSPS) is 12.1. The van der Waals surface area contributed by atoms with Gasteiger partial charge in [-0.3, -0.25) is 0 Å². The third-order valence-electron chi connectivity index (χ3n) is 3.35. The van der Waals surface area contributed by atoms with Gasteiger partial charge in [-0.15, -0.1) is 0 Å². The van der Waals surface area contributed by atoms with Gasteiger partial charge in [-0.25, -0.2) is 9.59 Å². The standard InChI is InChI=1S/C20H23NO5/c1-20(2,3)26-19(24)21-17(15-9-11-16(22)12-10-15)18(23)25-13-14-7-5-4-6-8-14/h4-12,17,22H,13H2,1-3H3,(H,21,24). The Morgan fingerprint density at radius 3 is 2.23 bits per heavy atom. The fourth-order valence-corrected chi connectivity index (χ4v) is 2.18. The molecule has 0 bridgehead atoms. The minimum Gasteiger partial charge on any atom is -0.508 e. The highest BCUT2D eigenvalue weighted by Gasteiger charge is 2.27. The number of hydrogen-bond acceptors (Lipinski definition) is 5. The van der Waals surface area contributed by atoms with E-state index >= 15 is 0 Å². The van der Waals surface area contributed by atoms with Crippen molar-refractivity contribution in [2.24, 2.45) is 0 Å². The van der Waals surface area contributed by atoms with Crippen LogP contribution in [0.2, 0.25) is 0 Å². The number of benzene rings is 2. The van der Waals surface area contributed by atoms with Gasteiger partial charge in [0.2, 0.25) is 0 Å². The second-order valence-electron chi connectivity index (χ2n) is 6.76. The third-order valence-corrected chi connectivity index (χ3v) is 3.35.